The number of carbonyl (C=O) groups is 2. The molecule has 1 heterocycles. The first kappa shape index (κ1) is 11.6. The van der Waals surface area contributed by atoms with E-state index in [4.69, 9.17) is 22.4 Å². The Hall–Kier alpha value is -1.46. The molecule has 80 valence electrons. The van der Waals surface area contributed by atoms with Crippen LogP contribution in [0.25, 0.3) is 0 Å². The lowest BCUT2D eigenvalue weighted by molar-refractivity contribution is -0.138. The Balaban J connectivity index is 3.18. The van der Waals surface area contributed by atoms with E-state index in [2.05, 4.69) is 4.98 Å². The number of Topliss-reactive ketones (excluding diaryl/α,β-unsaturated/α-hetero) is 1. The van der Waals surface area contributed by atoms with Crippen molar-refractivity contribution in [2.75, 3.05) is 0 Å². The highest BCUT2D eigenvalue weighted by Gasteiger charge is 2.17. The van der Waals surface area contributed by atoms with Crippen molar-refractivity contribution in [3.8, 4) is 0 Å². The quantitative estimate of drug-likeness (QED) is 0.595. The maximum absolute atomic E-state index is 11.1. The summed E-state index contributed by atoms with van der Waals surface area (Å²) in [6.07, 6.45) is 1.24. The van der Waals surface area contributed by atoms with Gasteiger partial charge in [-0.15, -0.1) is 0 Å². The van der Waals surface area contributed by atoms with Gasteiger partial charge in [0.25, 0.3) is 0 Å². The molecule has 6 heteroatoms. The molecule has 0 radical (unpaired) electrons. The van der Waals surface area contributed by atoms with Gasteiger partial charge in [0.05, 0.1) is 5.56 Å². The van der Waals surface area contributed by atoms with Crippen molar-refractivity contribution in [2.45, 2.75) is 13.0 Å². The molecule has 15 heavy (non-hydrogen) atoms. The van der Waals surface area contributed by atoms with E-state index in [1.54, 1.807) is 0 Å². The molecule has 1 rings (SSSR count). The molecule has 0 unspecified atom stereocenters. The molecule has 1 aromatic rings. The highest BCUT2D eigenvalue weighted by Crippen LogP contribution is 2.18. The Morgan fingerprint density at radius 1 is 1.60 bits per heavy atom. The summed E-state index contributed by atoms with van der Waals surface area (Å²) in [4.78, 5) is 25.4. The predicted molar refractivity (Wildman–Crippen MR) is 53.8 cm³/mol. The molecule has 3 N–H and O–H groups in total. The van der Waals surface area contributed by atoms with E-state index in [-0.39, 0.29) is 22.1 Å². The summed E-state index contributed by atoms with van der Waals surface area (Å²) >= 11 is 5.66. The molecule has 0 aliphatic rings. The van der Waals surface area contributed by atoms with Crippen LogP contribution in [0.15, 0.2) is 12.3 Å². The van der Waals surface area contributed by atoms with Crippen LogP contribution in [0, 0.1) is 0 Å². The third-order valence-electron chi connectivity index (χ3n) is 1.86. The van der Waals surface area contributed by atoms with Gasteiger partial charge in [-0.1, -0.05) is 11.6 Å². The van der Waals surface area contributed by atoms with Crippen LogP contribution in [0.4, 0.5) is 0 Å². The molecule has 0 amide bonds. The fourth-order valence-electron chi connectivity index (χ4n) is 1.02. The second-order valence-corrected chi connectivity index (χ2v) is 3.34. The lowest BCUT2D eigenvalue weighted by Gasteiger charge is -2.07. The summed E-state index contributed by atoms with van der Waals surface area (Å²) in [5, 5.41) is 8.71. The number of carboxylic acids is 1. The van der Waals surface area contributed by atoms with E-state index < -0.39 is 12.0 Å². The molecule has 1 atom stereocenters. The Labute approximate surface area is 90.9 Å². The fourth-order valence-corrected chi connectivity index (χ4v) is 1.26. The number of nitrogens with zero attached hydrogens (tertiary/aromatic N) is 1. The van der Waals surface area contributed by atoms with Gasteiger partial charge in [-0.2, -0.15) is 0 Å². The van der Waals surface area contributed by atoms with Gasteiger partial charge in [-0.05, 0) is 18.6 Å². The minimum atomic E-state index is -1.20. The van der Waals surface area contributed by atoms with Crippen molar-refractivity contribution in [2.24, 2.45) is 5.73 Å². The molecule has 0 fully saturated rings. The first-order chi connectivity index (χ1) is 6.93. The first-order valence-corrected chi connectivity index (χ1v) is 4.46. The topological polar surface area (TPSA) is 93.3 Å². The number of aliphatic carboxylic acids is 1. The summed E-state index contributed by atoms with van der Waals surface area (Å²) in [6, 6.07) is 0.143. The molecule has 0 aromatic carbocycles. The maximum atomic E-state index is 11.1. The molecule has 0 saturated carbocycles. The Kier molecular flexibility index (Phi) is 3.39. The third-order valence-corrected chi connectivity index (χ3v) is 2.17. The summed E-state index contributed by atoms with van der Waals surface area (Å²) in [5.41, 5.74) is 5.78. The summed E-state index contributed by atoms with van der Waals surface area (Å²) in [7, 11) is 0. The Bertz CT molecular complexity index is 420. The number of hydrogen-bond acceptors (Lipinski definition) is 4. The third kappa shape index (κ3) is 2.51. The highest BCUT2D eigenvalue weighted by molar-refractivity contribution is 6.32. The van der Waals surface area contributed by atoms with Crippen LogP contribution < -0.4 is 5.73 Å². The Morgan fingerprint density at radius 3 is 2.67 bits per heavy atom. The van der Waals surface area contributed by atoms with Gasteiger partial charge >= 0.3 is 5.97 Å². The van der Waals surface area contributed by atoms with E-state index in [1.165, 1.54) is 19.2 Å². The highest BCUT2D eigenvalue weighted by atomic mass is 35.5. The van der Waals surface area contributed by atoms with Crippen molar-refractivity contribution in [1.29, 1.82) is 0 Å². The molecule has 0 aliphatic heterocycles. The van der Waals surface area contributed by atoms with E-state index >= 15 is 0 Å². The molecule has 1 aromatic heterocycles. The molecule has 0 spiro atoms. The van der Waals surface area contributed by atoms with Crippen molar-refractivity contribution in [3.05, 3.63) is 28.5 Å². The number of carboxylic acid groups (broad SMARTS) is 1. The average Bonchev–Trinajstić information content (AvgIpc) is 2.16. The lowest BCUT2D eigenvalue weighted by Crippen LogP contribution is -2.21. The van der Waals surface area contributed by atoms with Crippen molar-refractivity contribution < 1.29 is 14.7 Å². The summed E-state index contributed by atoms with van der Waals surface area (Å²) in [5.74, 6) is -1.47. The number of pyridine rings is 1. The van der Waals surface area contributed by atoms with Gasteiger partial charge in [-0.25, -0.2) is 4.98 Å². The second-order valence-electron chi connectivity index (χ2n) is 2.98. The standard InChI is InChI=1S/C9H9ClN2O3/c1-4(13)6-2-5(3-12-8(6)10)7(11)9(14)15/h2-3,7H,11H2,1H3,(H,14,15)/t7-/m0/s1. The van der Waals surface area contributed by atoms with E-state index in [9.17, 15) is 9.59 Å². The molecule has 0 saturated heterocycles. The number of ketones is 1. The number of aromatic nitrogens is 1. The van der Waals surface area contributed by atoms with E-state index in [0.29, 0.717) is 0 Å². The molecular weight excluding hydrogens is 220 g/mol. The van der Waals surface area contributed by atoms with Gasteiger partial charge < -0.3 is 10.8 Å². The predicted octanol–water partition coefficient (Wildman–Crippen LogP) is 1.02. The van der Waals surface area contributed by atoms with Crippen LogP contribution >= 0.6 is 11.6 Å². The van der Waals surface area contributed by atoms with Crippen LogP contribution in [0.5, 0.6) is 0 Å². The fraction of sp³-hybridized carbons (Fsp3) is 0.222. The van der Waals surface area contributed by atoms with E-state index in [0.717, 1.165) is 0 Å². The van der Waals surface area contributed by atoms with Crippen LogP contribution in [0.2, 0.25) is 5.15 Å². The molecule has 0 bridgehead atoms. The lowest BCUT2D eigenvalue weighted by atomic mass is 10.1. The average molecular weight is 229 g/mol. The second kappa shape index (κ2) is 4.37. The number of rotatable bonds is 3. The largest absolute Gasteiger partial charge is 0.480 e. The van der Waals surface area contributed by atoms with Gasteiger partial charge in [0.2, 0.25) is 0 Å². The van der Waals surface area contributed by atoms with Crippen LogP contribution in [0.1, 0.15) is 28.9 Å². The van der Waals surface area contributed by atoms with Crippen molar-refractivity contribution in [1.82, 2.24) is 4.98 Å². The SMILES string of the molecule is CC(=O)c1cc([C@H](N)C(=O)O)cnc1Cl. The zero-order valence-corrected chi connectivity index (χ0v) is 8.65. The molecule has 0 aliphatic carbocycles. The molecule has 5 nitrogen and oxygen atoms in total. The van der Waals surface area contributed by atoms with Gasteiger partial charge in [0.15, 0.2) is 5.78 Å². The monoisotopic (exact) mass is 228 g/mol. The number of halogens is 1. The summed E-state index contributed by atoms with van der Waals surface area (Å²) < 4.78 is 0. The van der Waals surface area contributed by atoms with Crippen LogP contribution in [-0.4, -0.2) is 21.8 Å². The van der Waals surface area contributed by atoms with Gasteiger partial charge in [0.1, 0.15) is 11.2 Å². The molecular formula is C9H9ClN2O3. The zero-order chi connectivity index (χ0) is 11.6. The first-order valence-electron chi connectivity index (χ1n) is 4.08. The van der Waals surface area contributed by atoms with Crippen molar-refractivity contribution in [3.63, 3.8) is 0 Å². The smallest absolute Gasteiger partial charge is 0.325 e. The van der Waals surface area contributed by atoms with Gasteiger partial charge in [-0.3, -0.25) is 9.59 Å². The van der Waals surface area contributed by atoms with Gasteiger partial charge in [0, 0.05) is 6.20 Å². The number of nitrogens with two attached hydrogens (primary N) is 1. The van der Waals surface area contributed by atoms with Crippen LogP contribution in [0.3, 0.4) is 0 Å². The summed E-state index contributed by atoms with van der Waals surface area (Å²) in [6.45, 7) is 1.32. The number of carbonyl (C=O) groups excluding carboxylic acids is 1. The van der Waals surface area contributed by atoms with E-state index in [1.807, 2.05) is 0 Å². The number of hydrogen-bond donors (Lipinski definition) is 2. The normalized spacial score (nSPS) is 12.2. The minimum Gasteiger partial charge on any atom is -0.480 e. The Morgan fingerprint density at radius 2 is 2.20 bits per heavy atom. The zero-order valence-electron chi connectivity index (χ0n) is 7.90. The van der Waals surface area contributed by atoms with Crippen LogP contribution in [-0.2, 0) is 4.79 Å². The van der Waals surface area contributed by atoms with Crippen molar-refractivity contribution >= 4 is 23.4 Å². The minimum absolute atomic E-state index is 0.0452. The maximum Gasteiger partial charge on any atom is 0.325 e.